The first kappa shape index (κ1) is 42.6. The molecule has 4 aliphatic heterocycles. The molecule has 4 heterocycles. The Morgan fingerprint density at radius 3 is 1.38 bits per heavy atom. The average molecular weight is 777 g/mol. The first-order valence-corrected chi connectivity index (χ1v) is 19.4. The smallest absolute Gasteiger partial charge is 0.325 e. The molecule has 56 heavy (non-hydrogen) atoms. The maximum Gasteiger partial charge on any atom is 0.364 e. The van der Waals surface area contributed by atoms with E-state index in [9.17, 15) is 28.8 Å². The van der Waals surface area contributed by atoms with Crippen LogP contribution in [0, 0.1) is 0 Å². The van der Waals surface area contributed by atoms with Gasteiger partial charge in [-0.05, 0) is 123 Å². The van der Waals surface area contributed by atoms with Crippen molar-refractivity contribution in [1.82, 2.24) is 20.3 Å². The van der Waals surface area contributed by atoms with Crippen molar-refractivity contribution in [3.8, 4) is 0 Å². The van der Waals surface area contributed by atoms with Gasteiger partial charge in [0.05, 0.1) is 24.3 Å². The topological polar surface area (TPSA) is 152 Å². The minimum Gasteiger partial charge on any atom is -0.325 e. The summed E-state index contributed by atoms with van der Waals surface area (Å²) in [5.41, 5.74) is 1.79. The van der Waals surface area contributed by atoms with E-state index in [1.54, 1.807) is 42.5 Å². The number of carbonyl (C=O) groups is 6. The summed E-state index contributed by atoms with van der Waals surface area (Å²) in [6.07, 6.45) is 6.81. The van der Waals surface area contributed by atoms with Crippen LogP contribution in [0.4, 0.5) is 0 Å². The highest BCUT2D eigenvalue weighted by atomic mass is 16.7. The summed E-state index contributed by atoms with van der Waals surface area (Å²) < 4.78 is 0. The molecular weight excluding hydrogens is 720 g/mol. The van der Waals surface area contributed by atoms with E-state index in [1.807, 2.05) is 11.1 Å². The molecule has 6 rings (SSSR count). The molecule has 0 aromatic heterocycles. The first-order chi connectivity index (χ1) is 26.2. The van der Waals surface area contributed by atoms with Crippen LogP contribution in [0.2, 0.25) is 0 Å². The molecule has 0 unspecified atom stereocenters. The largest absolute Gasteiger partial charge is 0.364 e. The molecule has 0 N–H and O–H groups in total. The Hall–Kier alpha value is -4.50. The molecule has 4 fully saturated rings. The van der Waals surface area contributed by atoms with Gasteiger partial charge in [0.25, 0.3) is 23.6 Å². The Kier molecular flexibility index (Phi) is 12.9. The number of rotatable bonds is 10. The fourth-order valence-electron chi connectivity index (χ4n) is 8.09. The summed E-state index contributed by atoms with van der Waals surface area (Å²) in [6.45, 7) is 17.9. The molecule has 2 aromatic rings. The van der Waals surface area contributed by atoms with E-state index < -0.39 is 35.6 Å². The number of hydrogen-bond donors (Lipinski definition) is 0. The van der Waals surface area contributed by atoms with Crippen LogP contribution in [-0.4, -0.2) is 78.0 Å². The van der Waals surface area contributed by atoms with Crippen LogP contribution in [-0.2, 0) is 51.7 Å². The Bertz CT molecular complexity index is 1760. The zero-order valence-corrected chi connectivity index (χ0v) is 34.0. The lowest BCUT2D eigenvalue weighted by Crippen LogP contribution is -2.58. The molecular formula is C42H56N4O10. The Labute approximate surface area is 329 Å². The molecule has 4 amide bonds. The van der Waals surface area contributed by atoms with Gasteiger partial charge >= 0.3 is 11.9 Å². The fraction of sp³-hybridized carbons (Fsp3) is 0.571. The summed E-state index contributed by atoms with van der Waals surface area (Å²) in [6, 6.07) is 13.7. The SMILES string of the molecule is CC1(C)CCCC(C)(C)N1OCc1ccc(C(=O)ON2C(=O)CCC2=O)cc1.CC1(C)CCCC(C)(C)N1OCc1ccccc1C(=O)ON1C(=O)CCC1=O. The van der Waals surface area contributed by atoms with Crippen molar-refractivity contribution in [1.29, 1.82) is 0 Å². The lowest BCUT2D eigenvalue weighted by molar-refractivity contribution is -0.288. The van der Waals surface area contributed by atoms with Crippen molar-refractivity contribution in [2.45, 2.75) is 155 Å². The fourth-order valence-corrected chi connectivity index (χ4v) is 8.09. The van der Waals surface area contributed by atoms with E-state index >= 15 is 0 Å². The van der Waals surface area contributed by atoms with Crippen LogP contribution in [0.25, 0.3) is 0 Å². The number of nitrogens with zero attached hydrogens (tertiary/aromatic N) is 4. The number of carbonyl (C=O) groups excluding carboxylic acids is 6. The lowest BCUT2D eigenvalue weighted by Gasteiger charge is -2.51. The second-order valence-electron chi connectivity index (χ2n) is 17.4. The highest BCUT2D eigenvalue weighted by molar-refractivity contribution is 6.03. The van der Waals surface area contributed by atoms with Crippen LogP contribution < -0.4 is 0 Å². The van der Waals surface area contributed by atoms with Crippen molar-refractivity contribution in [2.24, 2.45) is 0 Å². The highest BCUT2D eigenvalue weighted by Gasteiger charge is 2.44. The van der Waals surface area contributed by atoms with Gasteiger partial charge in [-0.3, -0.25) is 28.9 Å². The molecule has 4 saturated heterocycles. The van der Waals surface area contributed by atoms with Crippen molar-refractivity contribution >= 4 is 35.6 Å². The average Bonchev–Trinajstić information content (AvgIpc) is 3.61. The summed E-state index contributed by atoms with van der Waals surface area (Å²) in [5, 5.41) is 5.24. The number of hydroxylamine groups is 8. The van der Waals surface area contributed by atoms with Gasteiger partial charge in [0.2, 0.25) is 0 Å². The third-order valence-electron chi connectivity index (χ3n) is 10.8. The molecule has 14 nitrogen and oxygen atoms in total. The monoisotopic (exact) mass is 776 g/mol. The van der Waals surface area contributed by atoms with Crippen molar-refractivity contribution in [3.05, 3.63) is 70.8 Å². The van der Waals surface area contributed by atoms with E-state index in [4.69, 9.17) is 19.4 Å². The first-order valence-electron chi connectivity index (χ1n) is 19.4. The minimum absolute atomic E-state index is 0.0414. The molecule has 304 valence electrons. The molecule has 0 bridgehead atoms. The summed E-state index contributed by atoms with van der Waals surface area (Å²) in [5.74, 6) is -3.44. The number of benzene rings is 2. The third-order valence-corrected chi connectivity index (χ3v) is 10.8. The van der Waals surface area contributed by atoms with Crippen LogP contribution >= 0.6 is 0 Å². The Morgan fingerprint density at radius 1 is 0.536 bits per heavy atom. The standard InChI is InChI=1S/2C21H28N2O5/c1-20(2)12-5-13-21(3,4)23(20)27-14-15-6-8-16(9-7-15)19(26)28-22-17(24)10-11-18(22)25;1-20(2)12-7-13-21(3,4)23(20)27-14-15-8-5-6-9-16(15)19(26)28-22-17(24)10-11-18(22)25/h6-9H,5,10-14H2,1-4H3;5-6,8-9H,7,10-14H2,1-4H3. The molecule has 14 heteroatoms. The minimum atomic E-state index is -0.736. The summed E-state index contributed by atoms with van der Waals surface area (Å²) in [7, 11) is 0. The van der Waals surface area contributed by atoms with Crippen LogP contribution in [0.1, 0.15) is 151 Å². The summed E-state index contributed by atoms with van der Waals surface area (Å²) >= 11 is 0. The van der Waals surface area contributed by atoms with Gasteiger partial charge in [-0.15, -0.1) is 10.1 Å². The van der Waals surface area contributed by atoms with Crippen LogP contribution in [0.5, 0.6) is 0 Å². The molecule has 0 saturated carbocycles. The molecule has 0 radical (unpaired) electrons. The van der Waals surface area contributed by atoms with E-state index in [1.165, 1.54) is 6.42 Å². The number of hydrogen-bond acceptors (Lipinski definition) is 12. The number of piperidine rings is 2. The van der Waals surface area contributed by atoms with Gasteiger partial charge in [0, 0.05) is 47.8 Å². The molecule has 0 atom stereocenters. The van der Waals surface area contributed by atoms with Crippen LogP contribution in [0.15, 0.2) is 48.5 Å². The van der Waals surface area contributed by atoms with Gasteiger partial charge in [0.15, 0.2) is 0 Å². The zero-order valence-electron chi connectivity index (χ0n) is 34.0. The Morgan fingerprint density at radius 2 is 0.929 bits per heavy atom. The van der Waals surface area contributed by atoms with Gasteiger partial charge in [-0.25, -0.2) is 9.59 Å². The molecule has 2 aromatic carbocycles. The molecule has 4 aliphatic rings. The van der Waals surface area contributed by atoms with E-state index in [2.05, 4.69) is 60.5 Å². The van der Waals surface area contributed by atoms with E-state index in [0.29, 0.717) is 22.3 Å². The maximum absolute atomic E-state index is 12.6. The quantitative estimate of drug-likeness (QED) is 0.234. The Balaban J connectivity index is 0.000000214. The lowest BCUT2D eigenvalue weighted by atomic mass is 9.82. The molecule has 0 aliphatic carbocycles. The second kappa shape index (κ2) is 16.9. The maximum atomic E-state index is 12.6. The number of amides is 4. The van der Waals surface area contributed by atoms with Gasteiger partial charge in [-0.2, -0.15) is 10.1 Å². The predicted molar refractivity (Wildman–Crippen MR) is 203 cm³/mol. The summed E-state index contributed by atoms with van der Waals surface area (Å²) in [4.78, 5) is 93.6. The van der Waals surface area contributed by atoms with Crippen molar-refractivity contribution in [3.63, 3.8) is 0 Å². The normalized spacial score (nSPS) is 21.8. The van der Waals surface area contributed by atoms with E-state index in [-0.39, 0.29) is 65.6 Å². The molecule has 0 spiro atoms. The highest BCUT2D eigenvalue weighted by Crippen LogP contribution is 2.40. The predicted octanol–water partition coefficient (Wildman–Crippen LogP) is 6.76. The van der Waals surface area contributed by atoms with Crippen molar-refractivity contribution in [2.75, 3.05) is 0 Å². The zero-order chi connectivity index (χ0) is 41.1. The third kappa shape index (κ3) is 9.89. The number of imide groups is 2. The second-order valence-corrected chi connectivity index (χ2v) is 17.4. The van der Waals surface area contributed by atoms with Crippen molar-refractivity contribution < 1.29 is 48.1 Å². The van der Waals surface area contributed by atoms with Gasteiger partial charge < -0.3 is 9.68 Å². The van der Waals surface area contributed by atoms with Gasteiger partial charge in [0.1, 0.15) is 0 Å². The van der Waals surface area contributed by atoms with Crippen LogP contribution in [0.3, 0.4) is 0 Å². The van der Waals surface area contributed by atoms with E-state index in [0.717, 1.165) is 37.7 Å². The van der Waals surface area contributed by atoms with Gasteiger partial charge in [-0.1, -0.05) is 30.3 Å².